The number of halogens is 1. The molecule has 0 aliphatic heterocycles. The number of anilines is 1. The summed E-state index contributed by atoms with van der Waals surface area (Å²) in [5, 5.41) is 0.268. The number of hydrogen-bond donors (Lipinski definition) is 1. The zero-order valence-electron chi connectivity index (χ0n) is 11.9. The van der Waals surface area contributed by atoms with Crippen molar-refractivity contribution < 1.29 is 12.8 Å². The predicted octanol–water partition coefficient (Wildman–Crippen LogP) is 3.85. The summed E-state index contributed by atoms with van der Waals surface area (Å²) in [6.45, 7) is 3.97. The molecule has 0 spiro atoms. The molecule has 0 aliphatic rings. The minimum absolute atomic E-state index is 0.126. The van der Waals surface area contributed by atoms with E-state index in [4.69, 9.17) is 0 Å². The minimum atomic E-state index is -3.85. The lowest BCUT2D eigenvalue weighted by molar-refractivity contribution is 0.595. The lowest BCUT2D eigenvalue weighted by Gasteiger charge is -2.04. The number of benzene rings is 2. The third-order valence-electron chi connectivity index (χ3n) is 3.33. The predicted molar refractivity (Wildman–Crippen MR) is 86.3 cm³/mol. The Morgan fingerprint density at radius 2 is 1.86 bits per heavy atom. The summed E-state index contributed by atoms with van der Waals surface area (Å²) >= 11 is 1.25. The van der Waals surface area contributed by atoms with E-state index in [-0.39, 0.29) is 10.0 Å². The first kappa shape index (κ1) is 14.9. The fourth-order valence-electron chi connectivity index (χ4n) is 2.03. The van der Waals surface area contributed by atoms with Crippen molar-refractivity contribution in [1.82, 2.24) is 4.98 Å². The van der Waals surface area contributed by atoms with Crippen molar-refractivity contribution in [1.29, 1.82) is 0 Å². The molecular formula is C15H13FN2O2S2. The van der Waals surface area contributed by atoms with E-state index in [1.807, 2.05) is 26.0 Å². The molecule has 0 unspecified atom stereocenters. The van der Waals surface area contributed by atoms with Crippen LogP contribution in [-0.2, 0) is 10.0 Å². The van der Waals surface area contributed by atoms with E-state index in [9.17, 15) is 12.8 Å². The van der Waals surface area contributed by atoms with Crippen LogP contribution in [0.25, 0.3) is 10.2 Å². The molecule has 2 aromatic carbocycles. The van der Waals surface area contributed by atoms with Gasteiger partial charge in [0.15, 0.2) is 5.13 Å². The van der Waals surface area contributed by atoms with Gasteiger partial charge < -0.3 is 0 Å². The molecule has 0 bridgehead atoms. The average molecular weight is 336 g/mol. The molecule has 3 aromatic rings. The highest BCUT2D eigenvalue weighted by Crippen LogP contribution is 2.29. The van der Waals surface area contributed by atoms with E-state index in [2.05, 4.69) is 9.71 Å². The van der Waals surface area contributed by atoms with Crippen molar-refractivity contribution >= 4 is 36.7 Å². The zero-order chi connectivity index (χ0) is 15.9. The molecule has 0 saturated carbocycles. The van der Waals surface area contributed by atoms with Crippen molar-refractivity contribution in [2.45, 2.75) is 18.7 Å². The Bertz CT molecular complexity index is 926. The Hall–Kier alpha value is -1.99. The van der Waals surface area contributed by atoms with Crippen molar-refractivity contribution in [2.75, 3.05) is 4.72 Å². The molecule has 22 heavy (non-hydrogen) atoms. The standard InChI is InChI=1S/C15H13FN2O2S2/c1-9-6-13-14(7-10(9)2)21-15(17-13)18-22(19,20)12-5-3-4-11(16)8-12/h3-8H,1-2H3,(H,17,18). The third-order valence-corrected chi connectivity index (χ3v) is 5.73. The molecule has 1 N–H and O–H groups in total. The molecular weight excluding hydrogens is 323 g/mol. The highest BCUT2D eigenvalue weighted by atomic mass is 32.2. The number of fused-ring (bicyclic) bond motifs is 1. The molecule has 0 fully saturated rings. The van der Waals surface area contributed by atoms with Crippen molar-refractivity contribution in [3.8, 4) is 0 Å². The monoisotopic (exact) mass is 336 g/mol. The summed E-state index contributed by atoms with van der Waals surface area (Å²) in [4.78, 5) is 4.16. The van der Waals surface area contributed by atoms with Crippen LogP contribution in [0.4, 0.5) is 9.52 Å². The third kappa shape index (κ3) is 2.82. The van der Waals surface area contributed by atoms with E-state index < -0.39 is 15.8 Å². The molecule has 0 radical (unpaired) electrons. The topological polar surface area (TPSA) is 59.1 Å². The molecule has 7 heteroatoms. The lowest BCUT2D eigenvalue weighted by atomic mass is 10.1. The normalized spacial score (nSPS) is 11.8. The van der Waals surface area contributed by atoms with Gasteiger partial charge in [0, 0.05) is 0 Å². The number of nitrogens with one attached hydrogen (secondary N) is 1. The maximum Gasteiger partial charge on any atom is 0.263 e. The Morgan fingerprint density at radius 3 is 2.59 bits per heavy atom. The van der Waals surface area contributed by atoms with Gasteiger partial charge in [0.1, 0.15) is 5.82 Å². The first-order valence-electron chi connectivity index (χ1n) is 6.51. The van der Waals surface area contributed by atoms with Gasteiger partial charge in [0.05, 0.1) is 15.1 Å². The molecule has 3 rings (SSSR count). The van der Waals surface area contributed by atoms with Crippen molar-refractivity contribution in [3.05, 3.63) is 53.3 Å². The molecule has 0 atom stereocenters. The summed E-state index contributed by atoms with van der Waals surface area (Å²) in [5.41, 5.74) is 2.96. The molecule has 1 heterocycles. The van der Waals surface area contributed by atoms with Crippen LogP contribution < -0.4 is 4.72 Å². The van der Waals surface area contributed by atoms with Crippen LogP contribution in [0.3, 0.4) is 0 Å². The number of nitrogens with zero attached hydrogens (tertiary/aromatic N) is 1. The van der Waals surface area contributed by atoms with Crippen molar-refractivity contribution in [3.63, 3.8) is 0 Å². The average Bonchev–Trinajstić information content (AvgIpc) is 2.79. The highest BCUT2D eigenvalue weighted by molar-refractivity contribution is 7.93. The van der Waals surface area contributed by atoms with Crippen LogP contribution >= 0.6 is 11.3 Å². The smallest absolute Gasteiger partial charge is 0.255 e. The number of sulfonamides is 1. The molecule has 0 saturated heterocycles. The first-order valence-corrected chi connectivity index (χ1v) is 8.81. The van der Waals surface area contributed by atoms with E-state index in [0.29, 0.717) is 0 Å². The largest absolute Gasteiger partial charge is 0.263 e. The molecule has 4 nitrogen and oxygen atoms in total. The van der Waals surface area contributed by atoms with E-state index >= 15 is 0 Å². The van der Waals surface area contributed by atoms with Crippen LogP contribution in [0.1, 0.15) is 11.1 Å². The fraction of sp³-hybridized carbons (Fsp3) is 0.133. The summed E-state index contributed by atoms with van der Waals surface area (Å²) in [6, 6.07) is 8.76. The highest BCUT2D eigenvalue weighted by Gasteiger charge is 2.17. The Morgan fingerprint density at radius 1 is 1.14 bits per heavy atom. The van der Waals surface area contributed by atoms with Crippen molar-refractivity contribution in [2.24, 2.45) is 0 Å². The van der Waals surface area contributed by atoms with Gasteiger partial charge in [0.2, 0.25) is 0 Å². The van der Waals surface area contributed by atoms with Gasteiger partial charge in [-0.25, -0.2) is 17.8 Å². The van der Waals surface area contributed by atoms with Crippen LogP contribution in [0.2, 0.25) is 0 Å². The van der Waals surface area contributed by atoms with Gasteiger partial charge in [0.25, 0.3) is 10.0 Å². The van der Waals surface area contributed by atoms with Gasteiger partial charge in [-0.1, -0.05) is 17.4 Å². The number of aromatic nitrogens is 1. The van der Waals surface area contributed by atoms with E-state index in [1.165, 1.54) is 29.5 Å². The number of aryl methyl sites for hydroxylation is 2. The van der Waals surface area contributed by atoms with E-state index in [0.717, 1.165) is 27.4 Å². The number of thiazole rings is 1. The SMILES string of the molecule is Cc1cc2nc(NS(=O)(=O)c3cccc(F)c3)sc2cc1C. The Kier molecular flexibility index (Phi) is 3.62. The maximum absolute atomic E-state index is 13.2. The number of hydrogen-bond acceptors (Lipinski definition) is 4. The van der Waals surface area contributed by atoms with Crippen LogP contribution in [0.5, 0.6) is 0 Å². The maximum atomic E-state index is 13.2. The molecule has 1 aromatic heterocycles. The quantitative estimate of drug-likeness (QED) is 0.790. The Balaban J connectivity index is 1.99. The van der Waals surface area contributed by atoms with Gasteiger partial charge in [-0.15, -0.1) is 0 Å². The summed E-state index contributed by atoms with van der Waals surface area (Å²) in [7, 11) is -3.85. The van der Waals surface area contributed by atoms with Crippen LogP contribution in [-0.4, -0.2) is 13.4 Å². The summed E-state index contributed by atoms with van der Waals surface area (Å²) in [5.74, 6) is -0.599. The second kappa shape index (κ2) is 5.33. The summed E-state index contributed by atoms with van der Waals surface area (Å²) in [6.07, 6.45) is 0. The molecule has 0 aliphatic carbocycles. The lowest BCUT2D eigenvalue weighted by Crippen LogP contribution is -2.12. The van der Waals surface area contributed by atoms with Gasteiger partial charge >= 0.3 is 0 Å². The van der Waals surface area contributed by atoms with Crippen LogP contribution in [0.15, 0.2) is 41.3 Å². The second-order valence-corrected chi connectivity index (χ2v) is 7.70. The molecule has 114 valence electrons. The van der Waals surface area contributed by atoms with Crippen LogP contribution in [0, 0.1) is 19.7 Å². The minimum Gasteiger partial charge on any atom is -0.255 e. The van der Waals surface area contributed by atoms with Gasteiger partial charge in [-0.05, 0) is 55.3 Å². The van der Waals surface area contributed by atoms with E-state index in [1.54, 1.807) is 0 Å². The van der Waals surface area contributed by atoms with Gasteiger partial charge in [-0.3, -0.25) is 4.72 Å². The summed E-state index contributed by atoms with van der Waals surface area (Å²) < 4.78 is 41.0. The zero-order valence-corrected chi connectivity index (χ0v) is 13.6. The molecule has 0 amide bonds. The van der Waals surface area contributed by atoms with Gasteiger partial charge in [-0.2, -0.15) is 0 Å². The number of rotatable bonds is 3. The Labute approximate surface area is 131 Å². The second-order valence-electron chi connectivity index (χ2n) is 4.99. The fourth-order valence-corrected chi connectivity index (χ4v) is 4.24. The first-order chi connectivity index (χ1) is 10.3.